The van der Waals surface area contributed by atoms with Crippen molar-refractivity contribution in [3.8, 4) is 5.75 Å². The molecule has 3 nitrogen and oxygen atoms in total. The van der Waals surface area contributed by atoms with E-state index >= 15 is 0 Å². The van der Waals surface area contributed by atoms with Crippen LogP contribution in [0.4, 0.5) is 0 Å². The monoisotopic (exact) mass is 321 g/mol. The molecule has 0 fully saturated rings. The molecule has 0 atom stereocenters. The quantitative estimate of drug-likeness (QED) is 0.881. The predicted molar refractivity (Wildman–Crippen MR) is 80.4 cm³/mol. The number of ether oxygens (including phenoxy) is 1. The maximum absolute atomic E-state index is 10.1. The van der Waals surface area contributed by atoms with E-state index in [-0.39, 0.29) is 0 Å². The number of benzene rings is 2. The van der Waals surface area contributed by atoms with Gasteiger partial charge in [-0.1, -0.05) is 46.3 Å². The highest BCUT2D eigenvalue weighted by atomic mass is 79.9. The second-order valence-corrected chi connectivity index (χ2v) is 4.60. The largest absolute Gasteiger partial charge is 0.496 e. The fourth-order valence-electron chi connectivity index (χ4n) is 1.41. The number of hydrogen-bond donors (Lipinski definition) is 1. The molecule has 2 aromatic rings. The maximum atomic E-state index is 10.1. The Labute approximate surface area is 121 Å². The van der Waals surface area contributed by atoms with Gasteiger partial charge in [-0.05, 0) is 18.2 Å². The second kappa shape index (κ2) is 8.45. The van der Waals surface area contributed by atoms with Crippen molar-refractivity contribution >= 4 is 22.2 Å². The zero-order valence-electron chi connectivity index (χ0n) is 10.7. The molecular weight excluding hydrogens is 306 g/mol. The first-order valence-corrected chi connectivity index (χ1v) is 6.53. The number of para-hydroxylation sites is 1. The minimum atomic E-state index is 0.532. The molecule has 0 spiro atoms. The summed E-state index contributed by atoms with van der Waals surface area (Å²) in [5.41, 5.74) is 7.20. The molecule has 0 aliphatic carbocycles. The molecule has 2 aromatic carbocycles. The Bertz CT molecular complexity index is 489. The minimum Gasteiger partial charge on any atom is -0.496 e. The van der Waals surface area contributed by atoms with Crippen molar-refractivity contribution in [1.29, 1.82) is 0 Å². The van der Waals surface area contributed by atoms with Crippen molar-refractivity contribution in [1.82, 2.24) is 0 Å². The summed E-state index contributed by atoms with van der Waals surface area (Å²) in [7, 11) is 1.65. The van der Waals surface area contributed by atoms with E-state index in [1.807, 2.05) is 36.4 Å². The van der Waals surface area contributed by atoms with Gasteiger partial charge in [-0.2, -0.15) is 0 Å². The molecule has 0 heterocycles. The lowest BCUT2D eigenvalue weighted by molar-refractivity contribution is 0.112. The SMILES string of the molecule is COc1ccccc1CN.O=Cc1ccc(Br)cc1. The van der Waals surface area contributed by atoms with Gasteiger partial charge in [0.15, 0.2) is 0 Å². The highest BCUT2D eigenvalue weighted by molar-refractivity contribution is 9.10. The molecule has 0 amide bonds. The van der Waals surface area contributed by atoms with Crippen LogP contribution >= 0.6 is 15.9 Å². The lowest BCUT2D eigenvalue weighted by Crippen LogP contribution is -1.98. The fraction of sp³-hybridized carbons (Fsp3) is 0.133. The summed E-state index contributed by atoms with van der Waals surface area (Å²) in [6.45, 7) is 0.532. The lowest BCUT2D eigenvalue weighted by Gasteiger charge is -2.03. The number of carbonyl (C=O) groups excluding carboxylic acids is 1. The molecule has 19 heavy (non-hydrogen) atoms. The van der Waals surface area contributed by atoms with Crippen LogP contribution in [-0.4, -0.2) is 13.4 Å². The zero-order chi connectivity index (χ0) is 14.1. The van der Waals surface area contributed by atoms with E-state index in [9.17, 15) is 4.79 Å². The van der Waals surface area contributed by atoms with Gasteiger partial charge < -0.3 is 10.5 Å². The zero-order valence-corrected chi connectivity index (χ0v) is 12.3. The smallest absolute Gasteiger partial charge is 0.150 e. The van der Waals surface area contributed by atoms with Crippen molar-refractivity contribution in [3.63, 3.8) is 0 Å². The van der Waals surface area contributed by atoms with E-state index in [0.29, 0.717) is 12.1 Å². The number of methoxy groups -OCH3 is 1. The van der Waals surface area contributed by atoms with Crippen molar-refractivity contribution in [3.05, 3.63) is 64.1 Å². The molecule has 0 bridgehead atoms. The summed E-state index contributed by atoms with van der Waals surface area (Å²) in [4.78, 5) is 10.1. The number of rotatable bonds is 3. The Balaban J connectivity index is 0.000000191. The highest BCUT2D eigenvalue weighted by Gasteiger charge is 1.95. The van der Waals surface area contributed by atoms with Gasteiger partial charge >= 0.3 is 0 Å². The molecule has 0 aliphatic rings. The van der Waals surface area contributed by atoms with Gasteiger partial charge in [-0.15, -0.1) is 0 Å². The number of aldehydes is 1. The topological polar surface area (TPSA) is 52.3 Å². The Morgan fingerprint density at radius 2 is 1.79 bits per heavy atom. The van der Waals surface area contributed by atoms with Gasteiger partial charge in [0.2, 0.25) is 0 Å². The van der Waals surface area contributed by atoms with Crippen molar-refractivity contribution in [2.45, 2.75) is 6.54 Å². The summed E-state index contributed by atoms with van der Waals surface area (Å²) in [5, 5.41) is 0. The van der Waals surface area contributed by atoms with Gasteiger partial charge in [-0.3, -0.25) is 4.79 Å². The van der Waals surface area contributed by atoms with Crippen molar-refractivity contribution in [2.75, 3.05) is 7.11 Å². The number of nitrogens with two attached hydrogens (primary N) is 1. The highest BCUT2D eigenvalue weighted by Crippen LogP contribution is 2.15. The number of hydrogen-bond acceptors (Lipinski definition) is 3. The first-order valence-electron chi connectivity index (χ1n) is 5.74. The lowest BCUT2D eigenvalue weighted by atomic mass is 10.2. The number of halogens is 1. The molecule has 2 N–H and O–H groups in total. The fourth-order valence-corrected chi connectivity index (χ4v) is 1.68. The Hall–Kier alpha value is -1.65. The van der Waals surface area contributed by atoms with Gasteiger partial charge in [0.1, 0.15) is 12.0 Å². The van der Waals surface area contributed by atoms with Crippen molar-refractivity contribution < 1.29 is 9.53 Å². The van der Waals surface area contributed by atoms with E-state index in [0.717, 1.165) is 22.1 Å². The molecule has 0 radical (unpaired) electrons. The van der Waals surface area contributed by atoms with Gasteiger partial charge in [0.05, 0.1) is 7.11 Å². The molecule has 0 aliphatic heterocycles. The second-order valence-electron chi connectivity index (χ2n) is 3.69. The standard InChI is InChI=1S/C8H11NO.C7H5BrO/c1-10-8-5-3-2-4-7(8)6-9;8-7-3-1-6(5-9)2-4-7/h2-5H,6,9H2,1H3;1-5H. The van der Waals surface area contributed by atoms with Crippen LogP contribution in [0.25, 0.3) is 0 Å². The molecular formula is C15H16BrNO2. The van der Waals surface area contributed by atoms with Crippen LogP contribution in [0.1, 0.15) is 15.9 Å². The third-order valence-corrected chi connectivity index (χ3v) is 2.95. The summed E-state index contributed by atoms with van der Waals surface area (Å²) < 4.78 is 6.05. The Kier molecular flexibility index (Phi) is 6.85. The third kappa shape index (κ3) is 5.24. The van der Waals surface area contributed by atoms with Crippen LogP contribution in [0.5, 0.6) is 5.75 Å². The van der Waals surface area contributed by atoms with E-state index in [1.165, 1.54) is 0 Å². The minimum absolute atomic E-state index is 0.532. The maximum Gasteiger partial charge on any atom is 0.150 e. The molecule has 0 unspecified atom stereocenters. The average Bonchev–Trinajstić information content (AvgIpc) is 2.48. The van der Waals surface area contributed by atoms with Gasteiger partial charge in [0, 0.05) is 22.1 Å². The predicted octanol–water partition coefficient (Wildman–Crippen LogP) is 3.42. The van der Waals surface area contributed by atoms with Gasteiger partial charge in [-0.25, -0.2) is 0 Å². The van der Waals surface area contributed by atoms with E-state index in [2.05, 4.69) is 15.9 Å². The first-order chi connectivity index (χ1) is 9.21. The summed E-state index contributed by atoms with van der Waals surface area (Å²) in [5.74, 6) is 0.866. The first kappa shape index (κ1) is 15.4. The van der Waals surface area contributed by atoms with E-state index in [4.69, 9.17) is 10.5 Å². The summed E-state index contributed by atoms with van der Waals surface area (Å²) in [6, 6.07) is 14.9. The molecule has 0 aromatic heterocycles. The summed E-state index contributed by atoms with van der Waals surface area (Å²) >= 11 is 3.26. The van der Waals surface area contributed by atoms with Crippen LogP contribution in [-0.2, 0) is 6.54 Å². The Morgan fingerprint density at radius 3 is 2.26 bits per heavy atom. The number of carbonyl (C=O) groups is 1. The third-order valence-electron chi connectivity index (χ3n) is 2.42. The van der Waals surface area contributed by atoms with E-state index < -0.39 is 0 Å². The molecule has 4 heteroatoms. The van der Waals surface area contributed by atoms with Crippen LogP contribution < -0.4 is 10.5 Å². The van der Waals surface area contributed by atoms with Crippen LogP contribution in [0, 0.1) is 0 Å². The van der Waals surface area contributed by atoms with Crippen molar-refractivity contribution in [2.24, 2.45) is 5.73 Å². The molecule has 0 saturated carbocycles. The molecule has 2 rings (SSSR count). The average molecular weight is 322 g/mol. The van der Waals surface area contributed by atoms with Crippen LogP contribution in [0.2, 0.25) is 0 Å². The molecule has 0 saturated heterocycles. The van der Waals surface area contributed by atoms with Gasteiger partial charge in [0.25, 0.3) is 0 Å². The van der Waals surface area contributed by atoms with Crippen LogP contribution in [0.15, 0.2) is 53.0 Å². The molecule has 100 valence electrons. The van der Waals surface area contributed by atoms with Crippen LogP contribution in [0.3, 0.4) is 0 Å². The Morgan fingerprint density at radius 1 is 1.16 bits per heavy atom. The summed E-state index contributed by atoms with van der Waals surface area (Å²) in [6.07, 6.45) is 0.826. The normalized spacial score (nSPS) is 9.21. The van der Waals surface area contributed by atoms with E-state index in [1.54, 1.807) is 19.2 Å².